The summed E-state index contributed by atoms with van der Waals surface area (Å²) in [5.41, 5.74) is 15.6. The van der Waals surface area contributed by atoms with Gasteiger partial charge in [-0.3, -0.25) is 0 Å². The van der Waals surface area contributed by atoms with Crippen LogP contribution in [0.2, 0.25) is 0 Å². The Kier molecular flexibility index (Phi) is 9.15. The van der Waals surface area contributed by atoms with Gasteiger partial charge in [0.1, 0.15) is 0 Å². The Balaban J connectivity index is 0.995. The number of nitrogens with zero attached hydrogens (tertiary/aromatic N) is 1. The summed E-state index contributed by atoms with van der Waals surface area (Å²) in [6.07, 6.45) is 6.50. The summed E-state index contributed by atoms with van der Waals surface area (Å²) in [5.74, 6) is 0. The van der Waals surface area contributed by atoms with Crippen molar-refractivity contribution in [1.29, 1.82) is 0 Å². The molecule has 60 heavy (non-hydrogen) atoms. The lowest BCUT2D eigenvalue weighted by Gasteiger charge is -2.31. The van der Waals surface area contributed by atoms with Crippen molar-refractivity contribution in [2.45, 2.75) is 12.8 Å². The molecule has 0 radical (unpaired) electrons. The molecular weight excluding hydrogens is 743 g/mol. The van der Waals surface area contributed by atoms with E-state index in [0.717, 1.165) is 40.7 Å². The molecule has 1 aromatic heterocycles. The van der Waals surface area contributed by atoms with Crippen LogP contribution in [0.1, 0.15) is 18.4 Å². The van der Waals surface area contributed by atoms with Gasteiger partial charge in [-0.05, 0) is 111 Å². The van der Waals surface area contributed by atoms with Crippen LogP contribution in [0.3, 0.4) is 0 Å². The molecule has 0 bridgehead atoms. The maximum atomic E-state index is 3.59. The van der Waals surface area contributed by atoms with E-state index >= 15 is 0 Å². The van der Waals surface area contributed by atoms with Crippen LogP contribution in [-0.2, 0) is 0 Å². The summed E-state index contributed by atoms with van der Waals surface area (Å²) in [6.45, 7) is 0. The highest BCUT2D eigenvalue weighted by atomic mass is 32.1. The van der Waals surface area contributed by atoms with Crippen molar-refractivity contribution in [2.75, 3.05) is 4.90 Å². The van der Waals surface area contributed by atoms with Crippen LogP contribution in [0.5, 0.6) is 0 Å². The fourth-order valence-electron chi connectivity index (χ4n) is 8.79. The van der Waals surface area contributed by atoms with Crippen molar-refractivity contribution in [3.05, 3.63) is 236 Å². The van der Waals surface area contributed by atoms with E-state index < -0.39 is 0 Å². The van der Waals surface area contributed by atoms with Crippen molar-refractivity contribution in [2.24, 2.45) is 0 Å². The number of hydrogen-bond donors (Lipinski definition) is 0. The van der Waals surface area contributed by atoms with Gasteiger partial charge in [0.25, 0.3) is 0 Å². The highest BCUT2D eigenvalue weighted by Gasteiger charge is 2.22. The second-order valence-electron chi connectivity index (χ2n) is 15.4. The molecule has 0 N–H and O–H groups in total. The third-order valence-corrected chi connectivity index (χ3v) is 13.0. The first-order valence-electron chi connectivity index (χ1n) is 20.6. The molecule has 0 saturated carbocycles. The molecule has 0 aliphatic heterocycles. The van der Waals surface area contributed by atoms with Gasteiger partial charge in [0.05, 0.1) is 11.1 Å². The lowest BCUT2D eigenvalue weighted by Crippen LogP contribution is -2.18. The van der Waals surface area contributed by atoms with Crippen LogP contribution in [-0.4, -0.2) is 0 Å². The molecule has 1 heterocycles. The predicted octanol–water partition coefficient (Wildman–Crippen LogP) is 16.4. The first kappa shape index (κ1) is 35.7. The van der Waals surface area contributed by atoms with Gasteiger partial charge in [-0.15, -0.1) is 11.3 Å². The number of para-hydroxylation sites is 1. The van der Waals surface area contributed by atoms with E-state index in [0.29, 0.717) is 0 Å². The number of rotatable bonds is 8. The number of hydrogen-bond acceptors (Lipinski definition) is 2. The minimum absolute atomic E-state index is 0.901. The molecule has 10 aromatic rings. The Bertz CT molecular complexity index is 3240. The quantitative estimate of drug-likeness (QED) is 0.148. The third kappa shape index (κ3) is 6.66. The molecule has 1 nitrogen and oxygen atoms in total. The zero-order chi connectivity index (χ0) is 39.8. The predicted molar refractivity (Wildman–Crippen MR) is 257 cm³/mol. The molecule has 2 heteroatoms. The Morgan fingerprint density at radius 2 is 1.05 bits per heavy atom. The molecule has 0 atom stereocenters. The SMILES string of the molecule is c1c(-c2ccccc2N(C2=CC=C(c3ccc(-c4ccccc4)cc3)CC2)c2ccc(-c3ccccc3-c3ccc4ccccc4c3)cc2)cc2sc3ccccc3c2c#1. The monoisotopic (exact) mass is 781 g/mol. The molecule has 0 saturated heterocycles. The van der Waals surface area contributed by atoms with Crippen LogP contribution in [0.25, 0.3) is 81.0 Å². The second kappa shape index (κ2) is 15.4. The van der Waals surface area contributed by atoms with Crippen LogP contribution < -0.4 is 4.90 Å². The van der Waals surface area contributed by atoms with E-state index in [1.54, 1.807) is 0 Å². The first-order valence-corrected chi connectivity index (χ1v) is 21.4. The summed E-state index contributed by atoms with van der Waals surface area (Å²) in [5, 5.41) is 4.88. The van der Waals surface area contributed by atoms with Gasteiger partial charge in [0, 0.05) is 37.3 Å². The molecule has 0 unspecified atom stereocenters. The molecule has 0 fully saturated rings. The number of allylic oxidation sites excluding steroid dienone is 4. The largest absolute Gasteiger partial charge is 0.314 e. The first-order chi connectivity index (χ1) is 29.7. The van der Waals surface area contributed by atoms with E-state index in [1.807, 2.05) is 11.3 Å². The van der Waals surface area contributed by atoms with Gasteiger partial charge >= 0.3 is 0 Å². The van der Waals surface area contributed by atoms with Crippen LogP contribution in [0, 0.1) is 12.1 Å². The molecular formula is C58H39NS. The fraction of sp³-hybridized carbons (Fsp3) is 0.0345. The maximum Gasteiger partial charge on any atom is 0.0543 e. The summed E-state index contributed by atoms with van der Waals surface area (Å²) in [7, 11) is 0. The maximum absolute atomic E-state index is 3.59. The normalized spacial score (nSPS) is 12.6. The van der Waals surface area contributed by atoms with Crippen LogP contribution in [0.4, 0.5) is 11.4 Å². The van der Waals surface area contributed by atoms with E-state index in [1.165, 1.54) is 75.8 Å². The van der Waals surface area contributed by atoms with Gasteiger partial charge in [0.2, 0.25) is 0 Å². The zero-order valence-electron chi connectivity index (χ0n) is 33.0. The molecule has 9 aromatic carbocycles. The van der Waals surface area contributed by atoms with Gasteiger partial charge in [-0.1, -0.05) is 182 Å². The highest BCUT2D eigenvalue weighted by molar-refractivity contribution is 7.25. The van der Waals surface area contributed by atoms with E-state index in [9.17, 15) is 0 Å². The standard InChI is InChI=1S/C58H39NS/c1-2-12-40(13-3-1)42-22-24-43(25-23-42)44-28-33-49(34-29-44)59(56-20-10-8-18-53(56)48-32-37-55-54-19-9-11-21-57(54)60-58(55)39-48)50-35-30-45(31-36-50)51-16-6-7-17-52(51)47-27-26-41-14-4-5-15-46(41)38-47/h1-28,30-31,33,35-36,38-39H,29,34H2. The summed E-state index contributed by atoms with van der Waals surface area (Å²) >= 11 is 1.82. The molecule has 1 aliphatic carbocycles. The van der Waals surface area contributed by atoms with E-state index in [-0.39, 0.29) is 0 Å². The van der Waals surface area contributed by atoms with Gasteiger partial charge in [-0.2, -0.15) is 0 Å². The van der Waals surface area contributed by atoms with E-state index in [2.05, 4.69) is 229 Å². The summed E-state index contributed by atoms with van der Waals surface area (Å²) in [4.78, 5) is 2.46. The van der Waals surface area contributed by atoms with Gasteiger partial charge in [0.15, 0.2) is 0 Å². The molecule has 11 rings (SSSR count). The fourth-order valence-corrected chi connectivity index (χ4v) is 9.89. The zero-order valence-corrected chi connectivity index (χ0v) is 33.8. The summed E-state index contributed by atoms with van der Waals surface area (Å²) < 4.78 is 2.50. The van der Waals surface area contributed by atoms with Crippen molar-refractivity contribution < 1.29 is 0 Å². The second-order valence-corrected chi connectivity index (χ2v) is 16.5. The van der Waals surface area contributed by atoms with E-state index in [4.69, 9.17) is 0 Å². The van der Waals surface area contributed by atoms with Gasteiger partial charge < -0.3 is 4.90 Å². The van der Waals surface area contributed by atoms with Crippen molar-refractivity contribution in [3.63, 3.8) is 0 Å². The Hall–Kier alpha value is -7.44. The number of anilines is 2. The lowest BCUT2D eigenvalue weighted by atomic mass is 9.92. The molecule has 282 valence electrons. The Morgan fingerprint density at radius 3 is 1.85 bits per heavy atom. The van der Waals surface area contributed by atoms with Crippen molar-refractivity contribution >= 4 is 59.2 Å². The number of benzene rings is 8. The van der Waals surface area contributed by atoms with Crippen molar-refractivity contribution in [3.8, 4) is 44.5 Å². The van der Waals surface area contributed by atoms with Crippen LogP contribution >= 0.6 is 11.3 Å². The minimum Gasteiger partial charge on any atom is -0.314 e. The molecule has 0 spiro atoms. The third-order valence-electron chi connectivity index (χ3n) is 11.9. The number of thiophene rings is 1. The Labute approximate surface area is 355 Å². The van der Waals surface area contributed by atoms with Crippen molar-refractivity contribution in [1.82, 2.24) is 0 Å². The minimum atomic E-state index is 0.901. The average Bonchev–Trinajstić information content (AvgIpc) is 3.70. The molecule has 0 amide bonds. The average molecular weight is 782 g/mol. The Morgan fingerprint density at radius 1 is 0.417 bits per heavy atom. The van der Waals surface area contributed by atoms with Crippen LogP contribution in [0.15, 0.2) is 218 Å². The number of fused-ring (bicyclic) bond motifs is 4. The summed E-state index contributed by atoms with van der Waals surface area (Å²) in [6, 6.07) is 79.7. The topological polar surface area (TPSA) is 3.24 Å². The van der Waals surface area contributed by atoms with Gasteiger partial charge in [-0.25, -0.2) is 0 Å². The molecule has 1 aliphatic rings. The lowest BCUT2D eigenvalue weighted by molar-refractivity contribution is 0.930. The smallest absolute Gasteiger partial charge is 0.0543 e. The highest BCUT2D eigenvalue weighted by Crippen LogP contribution is 2.43.